The highest BCUT2D eigenvalue weighted by Gasteiger charge is 2.40. The summed E-state index contributed by atoms with van der Waals surface area (Å²) in [6.45, 7) is 5.69. The number of piperidine rings is 2. The number of nitrogens with zero attached hydrogens (tertiary/aromatic N) is 2. The summed E-state index contributed by atoms with van der Waals surface area (Å²) in [6.07, 6.45) is 2.05. The van der Waals surface area contributed by atoms with Crippen molar-refractivity contribution in [3.63, 3.8) is 0 Å². The number of fused-ring (bicyclic) bond motifs is 1. The second-order valence-corrected chi connectivity index (χ2v) is 7.24. The van der Waals surface area contributed by atoms with E-state index in [0.717, 1.165) is 18.4 Å². The highest BCUT2D eigenvalue weighted by molar-refractivity contribution is 6.05. The van der Waals surface area contributed by atoms with Crippen LogP contribution in [-0.2, 0) is 16.1 Å². The fourth-order valence-corrected chi connectivity index (χ4v) is 4.13. The van der Waals surface area contributed by atoms with Gasteiger partial charge < -0.3 is 4.90 Å². The largest absolute Gasteiger partial charge is 0.322 e. The van der Waals surface area contributed by atoms with Crippen molar-refractivity contribution in [2.45, 2.75) is 58.0 Å². The Labute approximate surface area is 164 Å². The van der Waals surface area contributed by atoms with Crippen LogP contribution in [0.2, 0.25) is 0 Å². The first-order valence-corrected chi connectivity index (χ1v) is 9.90. The number of hydrazine groups is 1. The number of carbonyl (C=O) groups excluding carboxylic acids is 3. The molecule has 2 fully saturated rings. The third kappa shape index (κ3) is 3.79. The van der Waals surface area contributed by atoms with Crippen LogP contribution in [0.3, 0.4) is 0 Å². The van der Waals surface area contributed by atoms with Gasteiger partial charge in [0.15, 0.2) is 0 Å². The summed E-state index contributed by atoms with van der Waals surface area (Å²) in [7, 11) is 0. The highest BCUT2D eigenvalue weighted by Crippen LogP contribution is 2.35. The minimum absolute atomic E-state index is 0.0832. The lowest BCUT2D eigenvalue weighted by Crippen LogP contribution is -2.52. The van der Waals surface area contributed by atoms with E-state index in [0.29, 0.717) is 30.6 Å². The van der Waals surface area contributed by atoms with Crippen molar-refractivity contribution in [1.82, 2.24) is 15.2 Å². The third-order valence-electron chi connectivity index (χ3n) is 5.61. The van der Waals surface area contributed by atoms with Crippen LogP contribution in [0.5, 0.6) is 0 Å². The van der Waals surface area contributed by atoms with Crippen molar-refractivity contribution >= 4 is 17.7 Å². The van der Waals surface area contributed by atoms with Gasteiger partial charge in [0, 0.05) is 31.6 Å². The van der Waals surface area contributed by atoms with Crippen LogP contribution in [0.4, 0.5) is 4.39 Å². The molecule has 0 saturated carbocycles. The summed E-state index contributed by atoms with van der Waals surface area (Å²) in [6, 6.07) is 2.39. The SMILES string of the molecule is CC.NN1CCC(c2cc3c(cc2F)C(=O)N(C2CCC(=O)NC2=O)C3)CC1. The predicted octanol–water partition coefficient (Wildman–Crippen LogP) is 1.67. The van der Waals surface area contributed by atoms with E-state index in [1.165, 1.54) is 11.0 Å². The van der Waals surface area contributed by atoms with Gasteiger partial charge in [0.1, 0.15) is 11.9 Å². The molecule has 0 radical (unpaired) electrons. The quantitative estimate of drug-likeness (QED) is 0.592. The zero-order valence-corrected chi connectivity index (χ0v) is 16.3. The Kier molecular flexibility index (Phi) is 6.10. The Morgan fingerprint density at radius 2 is 1.79 bits per heavy atom. The molecule has 3 aliphatic rings. The molecule has 1 aromatic rings. The molecule has 1 atom stereocenters. The molecular formula is C20H27FN4O3. The summed E-state index contributed by atoms with van der Waals surface area (Å²) >= 11 is 0. The minimum atomic E-state index is -0.681. The van der Waals surface area contributed by atoms with Crippen LogP contribution in [-0.4, -0.2) is 46.8 Å². The maximum absolute atomic E-state index is 14.7. The zero-order chi connectivity index (χ0) is 20.4. The third-order valence-corrected chi connectivity index (χ3v) is 5.61. The number of nitrogens with two attached hydrogens (primary N) is 1. The molecule has 3 heterocycles. The number of carbonyl (C=O) groups is 3. The number of halogens is 1. The second kappa shape index (κ2) is 8.36. The van der Waals surface area contributed by atoms with Crippen LogP contribution in [0.1, 0.15) is 66.9 Å². The Morgan fingerprint density at radius 3 is 2.43 bits per heavy atom. The first-order chi connectivity index (χ1) is 13.4. The summed E-state index contributed by atoms with van der Waals surface area (Å²) in [5, 5.41) is 4.00. The van der Waals surface area contributed by atoms with Crippen molar-refractivity contribution in [3.05, 3.63) is 34.6 Å². The molecule has 0 aliphatic carbocycles. The van der Waals surface area contributed by atoms with Gasteiger partial charge in [-0.15, -0.1) is 0 Å². The number of hydrogen-bond donors (Lipinski definition) is 2. The monoisotopic (exact) mass is 390 g/mol. The lowest BCUT2D eigenvalue weighted by Gasteiger charge is -2.29. The first-order valence-electron chi connectivity index (χ1n) is 9.90. The maximum Gasteiger partial charge on any atom is 0.255 e. The van der Waals surface area contributed by atoms with Gasteiger partial charge in [-0.3, -0.25) is 25.5 Å². The van der Waals surface area contributed by atoms with Crippen LogP contribution in [0, 0.1) is 5.82 Å². The van der Waals surface area contributed by atoms with Gasteiger partial charge in [-0.25, -0.2) is 9.40 Å². The molecule has 3 N–H and O–H groups in total. The topological polar surface area (TPSA) is 95.7 Å². The maximum atomic E-state index is 14.7. The highest BCUT2D eigenvalue weighted by atomic mass is 19.1. The molecule has 1 aromatic carbocycles. The molecule has 0 spiro atoms. The Balaban J connectivity index is 0.00000109. The summed E-state index contributed by atoms with van der Waals surface area (Å²) in [5.74, 6) is 4.34. The van der Waals surface area contributed by atoms with Crippen molar-refractivity contribution < 1.29 is 18.8 Å². The summed E-state index contributed by atoms with van der Waals surface area (Å²) in [4.78, 5) is 37.5. The van der Waals surface area contributed by atoms with Crippen molar-refractivity contribution in [3.8, 4) is 0 Å². The van der Waals surface area contributed by atoms with Gasteiger partial charge >= 0.3 is 0 Å². The Morgan fingerprint density at radius 1 is 1.11 bits per heavy atom. The van der Waals surface area contributed by atoms with E-state index in [2.05, 4.69) is 5.32 Å². The number of amides is 3. The molecule has 152 valence electrons. The van der Waals surface area contributed by atoms with Crippen LogP contribution >= 0.6 is 0 Å². The van der Waals surface area contributed by atoms with Crippen LogP contribution in [0.25, 0.3) is 0 Å². The Bertz CT molecular complexity index is 790. The number of hydrogen-bond acceptors (Lipinski definition) is 5. The Hall–Kier alpha value is -2.32. The number of nitrogens with one attached hydrogen (secondary N) is 1. The molecule has 7 nitrogen and oxygen atoms in total. The van der Waals surface area contributed by atoms with E-state index in [4.69, 9.17) is 5.84 Å². The van der Waals surface area contributed by atoms with Gasteiger partial charge in [-0.05, 0) is 42.4 Å². The van der Waals surface area contributed by atoms with Crippen LogP contribution in [0.15, 0.2) is 12.1 Å². The standard InChI is InChI=1S/C18H21FN4O3.C2H6/c19-14-8-13-11(7-12(14)10-3-5-22(20)6-4-10)9-23(18(13)26)15-1-2-16(24)21-17(15)25;1-2/h7-8,10,15H,1-6,9,20H2,(H,21,24,25);1-2H3. The van der Waals surface area contributed by atoms with Gasteiger partial charge in [-0.2, -0.15) is 0 Å². The van der Waals surface area contributed by atoms with Gasteiger partial charge in [0.05, 0.1) is 0 Å². The molecule has 0 aromatic heterocycles. The minimum Gasteiger partial charge on any atom is -0.322 e. The van der Waals surface area contributed by atoms with E-state index in [9.17, 15) is 18.8 Å². The molecule has 28 heavy (non-hydrogen) atoms. The summed E-state index contributed by atoms with van der Waals surface area (Å²) in [5.41, 5.74) is 1.67. The average molecular weight is 390 g/mol. The van der Waals surface area contributed by atoms with Gasteiger partial charge in [0.25, 0.3) is 5.91 Å². The fourth-order valence-electron chi connectivity index (χ4n) is 4.13. The molecular weight excluding hydrogens is 363 g/mol. The van der Waals surface area contributed by atoms with Crippen molar-refractivity contribution in [2.75, 3.05) is 13.1 Å². The molecule has 1 unspecified atom stereocenters. The van der Waals surface area contributed by atoms with Gasteiger partial charge in [-0.1, -0.05) is 19.9 Å². The van der Waals surface area contributed by atoms with E-state index in [-0.39, 0.29) is 36.5 Å². The second-order valence-electron chi connectivity index (χ2n) is 7.24. The first kappa shape index (κ1) is 20.4. The van der Waals surface area contributed by atoms with E-state index < -0.39 is 11.9 Å². The zero-order valence-electron chi connectivity index (χ0n) is 16.3. The van der Waals surface area contributed by atoms with Crippen LogP contribution < -0.4 is 11.2 Å². The number of rotatable bonds is 2. The van der Waals surface area contributed by atoms with E-state index in [1.807, 2.05) is 13.8 Å². The number of benzene rings is 1. The molecule has 8 heteroatoms. The van der Waals surface area contributed by atoms with E-state index in [1.54, 1.807) is 11.1 Å². The van der Waals surface area contributed by atoms with E-state index >= 15 is 0 Å². The lowest BCUT2D eigenvalue weighted by molar-refractivity contribution is -0.136. The van der Waals surface area contributed by atoms with Crippen molar-refractivity contribution in [2.24, 2.45) is 5.84 Å². The average Bonchev–Trinajstić information content (AvgIpc) is 2.99. The normalized spacial score (nSPS) is 23.2. The predicted molar refractivity (Wildman–Crippen MR) is 102 cm³/mol. The molecule has 3 aliphatic heterocycles. The van der Waals surface area contributed by atoms with Gasteiger partial charge in [0.2, 0.25) is 11.8 Å². The smallest absolute Gasteiger partial charge is 0.255 e. The molecule has 2 saturated heterocycles. The fraction of sp³-hybridized carbons (Fsp3) is 0.550. The molecule has 0 bridgehead atoms. The summed E-state index contributed by atoms with van der Waals surface area (Å²) < 4.78 is 14.7. The lowest BCUT2D eigenvalue weighted by atomic mass is 9.88. The molecule has 4 rings (SSSR count). The number of imide groups is 1. The molecule has 3 amide bonds. The van der Waals surface area contributed by atoms with Crippen molar-refractivity contribution in [1.29, 1.82) is 0 Å².